The Bertz CT molecular complexity index is 1330. The Morgan fingerprint density at radius 3 is 2.13 bits per heavy atom. The Kier molecular flexibility index (Phi) is 3.94. The van der Waals surface area contributed by atoms with Crippen molar-refractivity contribution in [2.45, 2.75) is 45.8 Å². The minimum absolute atomic E-state index is 0.578. The first-order valence-electron chi connectivity index (χ1n) is 10.8. The van der Waals surface area contributed by atoms with Gasteiger partial charge >= 0.3 is 0 Å². The number of rotatable bonds is 2. The molecule has 30 heavy (non-hydrogen) atoms. The molecular formula is C27H26S2Si. The quantitative estimate of drug-likeness (QED) is 0.273. The largest absolute Gasteiger partial charge is 0.145 e. The van der Waals surface area contributed by atoms with E-state index in [0.717, 1.165) is 6.42 Å². The van der Waals surface area contributed by atoms with Crippen LogP contribution >= 0.6 is 22.7 Å². The van der Waals surface area contributed by atoms with E-state index in [2.05, 4.69) is 82.4 Å². The van der Waals surface area contributed by atoms with E-state index < -0.39 is 8.07 Å². The van der Waals surface area contributed by atoms with Crippen LogP contribution in [-0.4, -0.2) is 8.07 Å². The highest BCUT2D eigenvalue weighted by Gasteiger charge is 2.47. The monoisotopic (exact) mass is 442 g/mol. The van der Waals surface area contributed by atoms with Crippen molar-refractivity contribution in [3.05, 3.63) is 84.7 Å². The number of aryl methyl sites for hydroxylation is 2. The lowest BCUT2D eigenvalue weighted by Gasteiger charge is -2.33. The van der Waals surface area contributed by atoms with E-state index in [-0.39, 0.29) is 0 Å². The fourth-order valence-electron chi connectivity index (χ4n) is 6.05. The zero-order valence-corrected chi connectivity index (χ0v) is 20.9. The van der Waals surface area contributed by atoms with Gasteiger partial charge in [-0.2, -0.15) is 0 Å². The van der Waals surface area contributed by atoms with Gasteiger partial charge in [-0.25, -0.2) is 0 Å². The molecule has 150 valence electrons. The van der Waals surface area contributed by atoms with Crippen molar-refractivity contribution in [2.24, 2.45) is 0 Å². The molecule has 3 heteroatoms. The number of hydrogen-bond donors (Lipinski definition) is 0. The summed E-state index contributed by atoms with van der Waals surface area (Å²) in [7, 11) is -1.84. The first-order chi connectivity index (χ1) is 14.4. The van der Waals surface area contributed by atoms with Crippen molar-refractivity contribution in [3.8, 4) is 11.1 Å². The van der Waals surface area contributed by atoms with E-state index in [9.17, 15) is 0 Å². The smallest absolute Gasteiger partial charge is 0.0956 e. The number of fused-ring (bicyclic) bond motifs is 6. The molecule has 0 N–H and O–H groups in total. The van der Waals surface area contributed by atoms with Crippen LogP contribution in [0.15, 0.2) is 54.1 Å². The van der Waals surface area contributed by atoms with E-state index in [1.54, 1.807) is 26.1 Å². The van der Waals surface area contributed by atoms with Gasteiger partial charge in [0.25, 0.3) is 0 Å². The summed E-state index contributed by atoms with van der Waals surface area (Å²) in [6, 6.07) is 18.6. The van der Waals surface area contributed by atoms with E-state index in [0.29, 0.717) is 5.54 Å². The maximum absolute atomic E-state index is 2.64. The number of thiophene rings is 2. The zero-order chi connectivity index (χ0) is 20.8. The molecule has 2 aromatic carbocycles. The molecule has 0 nitrogen and oxygen atoms in total. The molecule has 2 aliphatic carbocycles. The van der Waals surface area contributed by atoms with Gasteiger partial charge in [0.05, 0.1) is 8.07 Å². The summed E-state index contributed by atoms with van der Waals surface area (Å²) >= 11 is 4.09. The molecule has 2 aliphatic rings. The Morgan fingerprint density at radius 2 is 1.47 bits per heavy atom. The van der Waals surface area contributed by atoms with Gasteiger partial charge in [-0.3, -0.25) is 0 Å². The van der Waals surface area contributed by atoms with Crippen LogP contribution in [0.2, 0.25) is 13.1 Å². The number of hydrogen-bond acceptors (Lipinski definition) is 2. The molecule has 0 amide bonds. The summed E-state index contributed by atoms with van der Waals surface area (Å²) in [5.74, 6) is 0. The van der Waals surface area contributed by atoms with Crippen LogP contribution in [0, 0.1) is 13.8 Å². The highest BCUT2D eigenvalue weighted by atomic mass is 32.1. The Balaban J connectivity index is 1.61. The summed E-state index contributed by atoms with van der Waals surface area (Å²) < 4.78 is 0. The van der Waals surface area contributed by atoms with Crippen LogP contribution in [0.5, 0.6) is 0 Å². The molecule has 0 atom stereocenters. The molecule has 0 saturated carbocycles. The average Bonchev–Trinajstić information content (AvgIpc) is 3.40. The van der Waals surface area contributed by atoms with Crippen molar-refractivity contribution in [1.29, 1.82) is 0 Å². The summed E-state index contributed by atoms with van der Waals surface area (Å²) in [4.78, 5) is 6.18. The standard InChI is InChI=1S/C27H26S2Si/c1-15-12-19-11-10-18-8-6-7-9-20(18)23(19)26(15)30(4,5)27-24-21(13-16(2)28-24)22-14-17(3)29-25(22)27/h6-11,13-14,27H,12H2,1-5H3. The van der Waals surface area contributed by atoms with E-state index >= 15 is 0 Å². The Labute approximate surface area is 187 Å². The molecule has 6 rings (SSSR count). The SMILES string of the molecule is CC1=C([Si](C)(C)C2c3sc(C)cc3-c3cc(C)sc32)c2c(ccc3ccccc23)C1. The van der Waals surface area contributed by atoms with Gasteiger partial charge in [-0.05, 0) is 72.4 Å². The maximum Gasteiger partial charge on any atom is 0.0956 e. The first-order valence-corrected chi connectivity index (χ1v) is 15.5. The van der Waals surface area contributed by atoms with Crippen LogP contribution in [0.25, 0.3) is 27.1 Å². The fourth-order valence-corrected chi connectivity index (χ4v) is 14.4. The van der Waals surface area contributed by atoms with E-state index in [4.69, 9.17) is 0 Å². The van der Waals surface area contributed by atoms with Gasteiger partial charge in [0.15, 0.2) is 0 Å². The predicted octanol–water partition coefficient (Wildman–Crippen LogP) is 8.51. The normalized spacial score (nSPS) is 15.8. The lowest BCUT2D eigenvalue weighted by atomic mass is 10.0. The first kappa shape index (κ1) is 18.8. The van der Waals surface area contributed by atoms with Crippen molar-refractivity contribution < 1.29 is 0 Å². The second kappa shape index (κ2) is 6.29. The third-order valence-electron chi connectivity index (χ3n) is 7.10. The second-order valence-corrected chi connectivity index (χ2v) is 16.7. The number of benzene rings is 2. The zero-order valence-electron chi connectivity index (χ0n) is 18.2. The summed E-state index contributed by atoms with van der Waals surface area (Å²) in [5, 5.41) is 4.54. The fraction of sp³-hybridized carbons (Fsp3) is 0.259. The van der Waals surface area contributed by atoms with Gasteiger partial charge in [-0.1, -0.05) is 60.3 Å². The minimum Gasteiger partial charge on any atom is -0.145 e. The summed E-state index contributed by atoms with van der Waals surface area (Å²) in [5.41, 5.74) is 8.33. The highest BCUT2D eigenvalue weighted by Crippen LogP contribution is 2.59. The maximum atomic E-state index is 2.64. The average molecular weight is 443 g/mol. The van der Waals surface area contributed by atoms with E-state index in [1.165, 1.54) is 37.2 Å². The van der Waals surface area contributed by atoms with Gasteiger partial charge in [0.2, 0.25) is 0 Å². The Hall–Kier alpha value is -1.94. The van der Waals surface area contributed by atoms with Crippen molar-refractivity contribution in [3.63, 3.8) is 0 Å². The van der Waals surface area contributed by atoms with E-state index in [1.807, 2.05) is 22.7 Å². The molecule has 0 radical (unpaired) electrons. The van der Waals surface area contributed by atoms with Gasteiger partial charge in [-0.15, -0.1) is 22.7 Å². The second-order valence-electron chi connectivity index (χ2n) is 9.58. The summed E-state index contributed by atoms with van der Waals surface area (Å²) in [6.45, 7) is 12.2. The van der Waals surface area contributed by atoms with Crippen LogP contribution in [0.1, 0.15) is 43.1 Å². The Morgan fingerprint density at radius 1 is 0.833 bits per heavy atom. The molecule has 0 fully saturated rings. The topological polar surface area (TPSA) is 0 Å². The lowest BCUT2D eigenvalue weighted by molar-refractivity contribution is 1.19. The van der Waals surface area contributed by atoms with Crippen LogP contribution < -0.4 is 0 Å². The molecule has 0 unspecified atom stereocenters. The lowest BCUT2D eigenvalue weighted by Crippen LogP contribution is -2.36. The molecule has 0 bridgehead atoms. The molecule has 0 aliphatic heterocycles. The molecule has 4 aromatic rings. The van der Waals surface area contributed by atoms with Gasteiger partial charge in [0, 0.05) is 25.0 Å². The molecule has 0 saturated heterocycles. The van der Waals surface area contributed by atoms with Crippen molar-refractivity contribution in [2.75, 3.05) is 0 Å². The highest BCUT2D eigenvalue weighted by molar-refractivity contribution is 7.17. The van der Waals surface area contributed by atoms with Crippen molar-refractivity contribution in [1.82, 2.24) is 0 Å². The third kappa shape index (κ3) is 2.43. The van der Waals surface area contributed by atoms with Crippen molar-refractivity contribution >= 4 is 46.7 Å². The molecular weight excluding hydrogens is 417 g/mol. The van der Waals surface area contributed by atoms with Gasteiger partial charge < -0.3 is 0 Å². The van der Waals surface area contributed by atoms with Crippen LogP contribution in [0.3, 0.4) is 0 Å². The molecule has 2 aromatic heterocycles. The van der Waals surface area contributed by atoms with Gasteiger partial charge in [0.1, 0.15) is 0 Å². The summed E-state index contributed by atoms with van der Waals surface area (Å²) in [6.07, 6.45) is 1.12. The predicted molar refractivity (Wildman–Crippen MR) is 137 cm³/mol. The molecule has 2 heterocycles. The molecule has 0 spiro atoms. The van der Waals surface area contributed by atoms with Crippen LogP contribution in [0.4, 0.5) is 0 Å². The minimum atomic E-state index is -1.84. The van der Waals surface area contributed by atoms with Crippen LogP contribution in [-0.2, 0) is 6.42 Å². The third-order valence-corrected chi connectivity index (χ3v) is 13.7. The number of allylic oxidation sites excluding steroid dienone is 1.